The van der Waals surface area contributed by atoms with Gasteiger partial charge in [0.1, 0.15) is 5.75 Å². The molecule has 0 saturated carbocycles. The average Bonchev–Trinajstić information content (AvgIpc) is 2.44. The first kappa shape index (κ1) is 18.7. The third-order valence-corrected chi connectivity index (χ3v) is 4.42. The largest absolute Gasteiger partial charge is 0.496 e. The van der Waals surface area contributed by atoms with E-state index < -0.39 is 19.3 Å². The number of methoxy groups -OCH3 is 1. The fourth-order valence-corrected chi connectivity index (χ4v) is 3.34. The molecule has 0 fully saturated rings. The minimum atomic E-state index is -4.74. The van der Waals surface area contributed by atoms with Gasteiger partial charge in [0.25, 0.3) is 0 Å². The van der Waals surface area contributed by atoms with Crippen molar-refractivity contribution in [3.8, 4) is 5.75 Å². The zero-order valence-corrected chi connectivity index (χ0v) is 13.4. The van der Waals surface area contributed by atoms with E-state index in [4.69, 9.17) is 13.8 Å². The number of benzene rings is 1. The van der Waals surface area contributed by atoms with Crippen LogP contribution < -0.4 is 4.74 Å². The number of rotatable bonds is 7. The van der Waals surface area contributed by atoms with Crippen LogP contribution in [0.15, 0.2) is 30.1 Å². The molecule has 0 spiro atoms. The third kappa shape index (κ3) is 4.87. The van der Waals surface area contributed by atoms with Crippen LogP contribution in [0.4, 0.5) is 13.2 Å². The standard InChI is InChI=1S/C14H18F3O4P/c1-4-20-22(18,21-5-2)10-12(14(15,16)17)11-8-6-7-9-13(11)19-3/h6-10H,4-5H2,1-3H3/b12-10-. The summed E-state index contributed by atoms with van der Waals surface area (Å²) in [4.78, 5) is 0. The van der Waals surface area contributed by atoms with Gasteiger partial charge in [-0.3, -0.25) is 4.57 Å². The molecule has 1 aromatic carbocycles. The molecule has 0 aliphatic carbocycles. The molecule has 4 nitrogen and oxygen atoms in total. The highest BCUT2D eigenvalue weighted by molar-refractivity contribution is 7.57. The van der Waals surface area contributed by atoms with Crippen molar-refractivity contribution < 1.29 is 31.5 Å². The fraction of sp³-hybridized carbons (Fsp3) is 0.429. The first-order chi connectivity index (χ1) is 10.3. The van der Waals surface area contributed by atoms with E-state index in [1.54, 1.807) is 6.07 Å². The molecule has 0 heterocycles. The van der Waals surface area contributed by atoms with E-state index in [2.05, 4.69) is 0 Å². The molecule has 124 valence electrons. The minimum Gasteiger partial charge on any atom is -0.496 e. The lowest BCUT2D eigenvalue weighted by atomic mass is 10.1. The molecular weight excluding hydrogens is 320 g/mol. The Balaban J connectivity index is 3.47. The Labute approximate surface area is 127 Å². The van der Waals surface area contributed by atoms with E-state index in [-0.39, 0.29) is 24.5 Å². The maximum absolute atomic E-state index is 13.4. The topological polar surface area (TPSA) is 44.8 Å². The van der Waals surface area contributed by atoms with Crippen LogP contribution in [0.5, 0.6) is 5.75 Å². The summed E-state index contributed by atoms with van der Waals surface area (Å²) in [5.41, 5.74) is -1.34. The van der Waals surface area contributed by atoms with E-state index in [1.165, 1.54) is 39.2 Å². The summed E-state index contributed by atoms with van der Waals surface area (Å²) in [5.74, 6) is 0.531. The first-order valence-electron chi connectivity index (χ1n) is 6.59. The highest BCUT2D eigenvalue weighted by Gasteiger charge is 2.39. The molecule has 0 radical (unpaired) electrons. The average molecular weight is 338 g/mol. The molecule has 0 aliphatic heterocycles. The van der Waals surface area contributed by atoms with Crippen LogP contribution >= 0.6 is 7.60 Å². The van der Waals surface area contributed by atoms with Gasteiger partial charge in [0, 0.05) is 11.4 Å². The van der Waals surface area contributed by atoms with Crippen molar-refractivity contribution in [2.45, 2.75) is 20.0 Å². The summed E-state index contributed by atoms with van der Waals surface area (Å²) < 4.78 is 67.3. The Bertz CT molecular complexity index is 559. The van der Waals surface area contributed by atoms with Gasteiger partial charge in [-0.15, -0.1) is 0 Å². The fourth-order valence-electron chi connectivity index (χ4n) is 1.79. The van der Waals surface area contributed by atoms with Crippen LogP contribution in [0.3, 0.4) is 0 Å². The highest BCUT2D eigenvalue weighted by atomic mass is 31.2. The Morgan fingerprint density at radius 2 is 1.73 bits per heavy atom. The summed E-state index contributed by atoms with van der Waals surface area (Å²) in [6.45, 7) is 2.97. The summed E-state index contributed by atoms with van der Waals surface area (Å²) in [5, 5.41) is 0. The second kappa shape index (κ2) is 7.81. The van der Waals surface area contributed by atoms with Gasteiger partial charge in [-0.25, -0.2) is 0 Å². The third-order valence-electron chi connectivity index (χ3n) is 2.61. The molecule has 8 heteroatoms. The van der Waals surface area contributed by atoms with Crippen molar-refractivity contribution in [3.63, 3.8) is 0 Å². The molecule has 0 saturated heterocycles. The maximum atomic E-state index is 13.4. The summed E-state index contributed by atoms with van der Waals surface area (Å²) in [7, 11) is -2.74. The molecule has 0 unspecified atom stereocenters. The molecule has 0 atom stereocenters. The number of hydrogen-bond donors (Lipinski definition) is 0. The summed E-state index contributed by atoms with van der Waals surface area (Å²) in [6.07, 6.45) is -4.74. The second-order valence-electron chi connectivity index (χ2n) is 4.12. The van der Waals surface area contributed by atoms with Crippen molar-refractivity contribution in [2.75, 3.05) is 20.3 Å². The van der Waals surface area contributed by atoms with Crippen molar-refractivity contribution in [1.29, 1.82) is 0 Å². The van der Waals surface area contributed by atoms with Gasteiger partial charge < -0.3 is 13.8 Å². The van der Waals surface area contributed by atoms with Crippen LogP contribution in [0.1, 0.15) is 19.4 Å². The first-order valence-corrected chi connectivity index (χ1v) is 8.20. The Morgan fingerprint density at radius 3 is 2.18 bits per heavy atom. The molecule has 0 amide bonds. The normalized spacial score (nSPS) is 13.3. The van der Waals surface area contributed by atoms with Crippen molar-refractivity contribution in [3.05, 3.63) is 35.6 Å². The van der Waals surface area contributed by atoms with Crippen molar-refractivity contribution >= 4 is 13.2 Å². The van der Waals surface area contributed by atoms with Gasteiger partial charge in [0.05, 0.1) is 25.9 Å². The molecule has 0 aliphatic rings. The van der Waals surface area contributed by atoms with Gasteiger partial charge in [0.2, 0.25) is 0 Å². The lowest BCUT2D eigenvalue weighted by Gasteiger charge is -2.19. The Kier molecular flexibility index (Phi) is 6.66. The number of allylic oxidation sites excluding steroid dienone is 1. The molecule has 0 aromatic heterocycles. The summed E-state index contributed by atoms with van der Waals surface area (Å²) in [6, 6.07) is 5.60. The van der Waals surface area contributed by atoms with Gasteiger partial charge in [0.15, 0.2) is 0 Å². The Hall–Kier alpha value is -1.30. The molecule has 1 rings (SSSR count). The van der Waals surface area contributed by atoms with Crippen LogP contribution in [-0.4, -0.2) is 26.5 Å². The number of hydrogen-bond acceptors (Lipinski definition) is 4. The maximum Gasteiger partial charge on any atom is 0.417 e. The van der Waals surface area contributed by atoms with Crippen LogP contribution in [0.2, 0.25) is 0 Å². The lowest BCUT2D eigenvalue weighted by molar-refractivity contribution is -0.0690. The predicted molar refractivity (Wildman–Crippen MR) is 77.9 cm³/mol. The molecule has 0 bridgehead atoms. The molecule has 0 N–H and O–H groups in total. The van der Waals surface area contributed by atoms with Gasteiger partial charge in [-0.1, -0.05) is 18.2 Å². The Morgan fingerprint density at radius 1 is 1.18 bits per heavy atom. The van der Waals surface area contributed by atoms with E-state index in [9.17, 15) is 17.7 Å². The van der Waals surface area contributed by atoms with Crippen molar-refractivity contribution in [2.24, 2.45) is 0 Å². The van der Waals surface area contributed by atoms with Crippen LogP contribution in [-0.2, 0) is 13.6 Å². The predicted octanol–water partition coefficient (Wildman–Crippen LogP) is 4.86. The lowest BCUT2D eigenvalue weighted by Crippen LogP contribution is -2.12. The van der Waals surface area contributed by atoms with Crippen LogP contribution in [0, 0.1) is 0 Å². The smallest absolute Gasteiger partial charge is 0.417 e. The van der Waals surface area contributed by atoms with Gasteiger partial charge in [-0.2, -0.15) is 13.2 Å². The van der Waals surface area contributed by atoms with Crippen LogP contribution in [0.25, 0.3) is 5.57 Å². The number of halogens is 3. The molecule has 22 heavy (non-hydrogen) atoms. The van der Waals surface area contributed by atoms with Gasteiger partial charge >= 0.3 is 13.8 Å². The number of para-hydroxylation sites is 1. The van der Waals surface area contributed by atoms with Gasteiger partial charge in [-0.05, 0) is 19.9 Å². The van der Waals surface area contributed by atoms with Crippen molar-refractivity contribution in [1.82, 2.24) is 0 Å². The van der Waals surface area contributed by atoms with E-state index in [1.807, 2.05) is 0 Å². The minimum absolute atomic E-state index is 0.0191. The molecule has 1 aromatic rings. The van der Waals surface area contributed by atoms with E-state index >= 15 is 0 Å². The monoisotopic (exact) mass is 338 g/mol. The number of ether oxygens (including phenoxy) is 1. The second-order valence-corrected chi connectivity index (χ2v) is 5.97. The SMILES string of the molecule is CCOP(=O)(/C=C(/c1ccccc1OC)C(F)(F)F)OCC. The zero-order chi connectivity index (χ0) is 16.8. The highest BCUT2D eigenvalue weighted by Crippen LogP contribution is 2.54. The molecular formula is C14H18F3O4P. The van der Waals surface area contributed by atoms with E-state index in [0.29, 0.717) is 5.82 Å². The quantitative estimate of drug-likeness (QED) is 0.666. The van der Waals surface area contributed by atoms with E-state index in [0.717, 1.165) is 0 Å². The number of alkyl halides is 3. The zero-order valence-electron chi connectivity index (χ0n) is 12.5. The summed E-state index contributed by atoms with van der Waals surface area (Å²) >= 11 is 0.